The van der Waals surface area contributed by atoms with Gasteiger partial charge in [-0.1, -0.05) is 6.07 Å². The van der Waals surface area contributed by atoms with Gasteiger partial charge in [-0.3, -0.25) is 4.79 Å². The van der Waals surface area contributed by atoms with Gasteiger partial charge in [-0.15, -0.1) is 0 Å². The average molecular weight is 234 g/mol. The molecule has 1 aliphatic heterocycles. The van der Waals surface area contributed by atoms with Crippen molar-refractivity contribution < 1.29 is 9.90 Å². The molecule has 0 bridgehead atoms. The molecule has 0 radical (unpaired) electrons. The monoisotopic (exact) mass is 234 g/mol. The van der Waals surface area contributed by atoms with Gasteiger partial charge in [0.1, 0.15) is 0 Å². The highest BCUT2D eigenvalue weighted by Gasteiger charge is 2.13. The van der Waals surface area contributed by atoms with E-state index in [1.165, 1.54) is 11.1 Å². The van der Waals surface area contributed by atoms with Gasteiger partial charge in [0.25, 0.3) is 5.91 Å². The van der Waals surface area contributed by atoms with E-state index in [0.717, 1.165) is 19.5 Å². The molecule has 4 heteroatoms. The average Bonchev–Trinajstić information content (AvgIpc) is 2.38. The molecule has 92 valence electrons. The zero-order valence-corrected chi connectivity index (χ0v) is 9.99. The lowest BCUT2D eigenvalue weighted by atomic mass is 9.98. The van der Waals surface area contributed by atoms with Gasteiger partial charge < -0.3 is 15.7 Å². The van der Waals surface area contributed by atoms with Gasteiger partial charge >= 0.3 is 0 Å². The maximum Gasteiger partial charge on any atom is 0.251 e. The van der Waals surface area contributed by atoms with E-state index in [4.69, 9.17) is 5.11 Å². The summed E-state index contributed by atoms with van der Waals surface area (Å²) in [6.07, 6.45) is 1.02. The number of aliphatic hydroxyl groups is 1. The molecule has 0 saturated carbocycles. The van der Waals surface area contributed by atoms with Crippen molar-refractivity contribution in [2.24, 2.45) is 0 Å². The number of aliphatic hydroxyl groups excluding tert-OH is 1. The first-order valence-corrected chi connectivity index (χ1v) is 5.95. The molecule has 17 heavy (non-hydrogen) atoms. The Hall–Kier alpha value is -1.39. The summed E-state index contributed by atoms with van der Waals surface area (Å²) < 4.78 is 0. The first-order valence-electron chi connectivity index (χ1n) is 5.95. The molecule has 1 heterocycles. The zero-order chi connectivity index (χ0) is 12.3. The topological polar surface area (TPSA) is 61.4 Å². The molecular weight excluding hydrogens is 216 g/mol. The van der Waals surface area contributed by atoms with Crippen molar-refractivity contribution >= 4 is 5.91 Å². The largest absolute Gasteiger partial charge is 0.394 e. The highest BCUT2D eigenvalue weighted by atomic mass is 16.3. The minimum absolute atomic E-state index is 0.0434. The van der Waals surface area contributed by atoms with Gasteiger partial charge in [0, 0.05) is 18.2 Å². The number of nitrogens with one attached hydrogen (secondary N) is 2. The second-order valence-electron chi connectivity index (χ2n) is 4.47. The Bertz CT molecular complexity index is 418. The minimum Gasteiger partial charge on any atom is -0.394 e. The molecular formula is C13H18N2O2. The van der Waals surface area contributed by atoms with Crippen LogP contribution in [0.15, 0.2) is 18.2 Å². The Morgan fingerprint density at radius 1 is 1.53 bits per heavy atom. The summed E-state index contributed by atoms with van der Waals surface area (Å²) in [5, 5.41) is 14.9. The maximum atomic E-state index is 11.9. The van der Waals surface area contributed by atoms with Crippen LogP contribution in [0.4, 0.5) is 0 Å². The van der Waals surface area contributed by atoms with Crippen LogP contribution in [0, 0.1) is 0 Å². The highest BCUT2D eigenvalue weighted by molar-refractivity contribution is 5.94. The molecule has 1 atom stereocenters. The van der Waals surface area contributed by atoms with Crippen LogP contribution < -0.4 is 10.6 Å². The van der Waals surface area contributed by atoms with Crippen molar-refractivity contribution in [3.8, 4) is 0 Å². The fourth-order valence-corrected chi connectivity index (χ4v) is 1.97. The lowest BCUT2D eigenvalue weighted by Gasteiger charge is -2.18. The molecule has 0 aromatic heterocycles. The minimum atomic E-state index is -0.211. The van der Waals surface area contributed by atoms with Crippen LogP contribution in [0.1, 0.15) is 28.4 Å². The lowest BCUT2D eigenvalue weighted by Crippen LogP contribution is -2.35. The van der Waals surface area contributed by atoms with Crippen molar-refractivity contribution in [2.45, 2.75) is 25.9 Å². The van der Waals surface area contributed by atoms with Crippen LogP contribution in [0.25, 0.3) is 0 Å². The maximum absolute atomic E-state index is 11.9. The van der Waals surface area contributed by atoms with Gasteiger partial charge in [-0.05, 0) is 43.1 Å². The highest BCUT2D eigenvalue weighted by Crippen LogP contribution is 2.15. The van der Waals surface area contributed by atoms with Crippen molar-refractivity contribution in [3.63, 3.8) is 0 Å². The van der Waals surface area contributed by atoms with Gasteiger partial charge in [0.15, 0.2) is 0 Å². The third-order valence-corrected chi connectivity index (χ3v) is 3.01. The van der Waals surface area contributed by atoms with E-state index in [1.807, 2.05) is 18.2 Å². The van der Waals surface area contributed by atoms with Crippen LogP contribution in [0.5, 0.6) is 0 Å². The molecule has 0 fully saturated rings. The molecule has 1 unspecified atom stereocenters. The van der Waals surface area contributed by atoms with Gasteiger partial charge in [0.05, 0.1) is 6.61 Å². The van der Waals surface area contributed by atoms with Crippen LogP contribution in [-0.4, -0.2) is 30.2 Å². The third-order valence-electron chi connectivity index (χ3n) is 3.01. The standard InChI is InChI=1S/C13H18N2O2/c1-9(8-16)15-13(17)11-3-2-10-4-5-14-7-12(10)6-11/h2-3,6,9,14,16H,4-5,7-8H2,1H3,(H,15,17). The summed E-state index contributed by atoms with van der Waals surface area (Å²) in [7, 11) is 0. The second kappa shape index (κ2) is 5.29. The molecule has 1 aromatic rings. The predicted octanol–water partition coefficient (Wildman–Crippen LogP) is 0.443. The van der Waals surface area contributed by atoms with Gasteiger partial charge in [0.2, 0.25) is 0 Å². The van der Waals surface area contributed by atoms with E-state index >= 15 is 0 Å². The summed E-state index contributed by atoms with van der Waals surface area (Å²) in [5.74, 6) is -0.125. The number of carbonyl (C=O) groups excluding carboxylic acids is 1. The summed E-state index contributed by atoms with van der Waals surface area (Å²) in [6.45, 7) is 3.56. The number of amides is 1. The van der Waals surface area contributed by atoms with Crippen molar-refractivity contribution in [1.29, 1.82) is 0 Å². The molecule has 2 rings (SSSR count). The van der Waals surface area contributed by atoms with Gasteiger partial charge in [-0.25, -0.2) is 0 Å². The SMILES string of the molecule is CC(CO)NC(=O)c1ccc2c(c1)CNCC2. The zero-order valence-electron chi connectivity index (χ0n) is 9.99. The second-order valence-corrected chi connectivity index (χ2v) is 4.47. The number of hydrogen-bond donors (Lipinski definition) is 3. The fourth-order valence-electron chi connectivity index (χ4n) is 1.97. The van der Waals surface area contributed by atoms with E-state index < -0.39 is 0 Å². The number of hydrogen-bond acceptors (Lipinski definition) is 3. The van der Waals surface area contributed by atoms with Crippen LogP contribution >= 0.6 is 0 Å². The molecule has 3 N–H and O–H groups in total. The van der Waals surface area contributed by atoms with Crippen molar-refractivity contribution in [2.75, 3.05) is 13.2 Å². The number of benzene rings is 1. The Labute approximate surface area is 101 Å². The molecule has 1 amide bonds. The van der Waals surface area contributed by atoms with E-state index in [1.54, 1.807) is 6.92 Å². The Balaban J connectivity index is 2.13. The third kappa shape index (κ3) is 2.84. The van der Waals surface area contributed by atoms with Crippen LogP contribution in [0.2, 0.25) is 0 Å². The first kappa shape index (κ1) is 12.1. The molecule has 0 aliphatic carbocycles. The summed E-state index contributed by atoms with van der Waals surface area (Å²) in [5.41, 5.74) is 3.17. The Kier molecular flexibility index (Phi) is 3.76. The number of carbonyl (C=O) groups is 1. The Morgan fingerprint density at radius 2 is 2.35 bits per heavy atom. The smallest absolute Gasteiger partial charge is 0.251 e. The lowest BCUT2D eigenvalue weighted by molar-refractivity contribution is 0.0922. The molecule has 4 nitrogen and oxygen atoms in total. The number of rotatable bonds is 3. The summed E-state index contributed by atoms with van der Waals surface area (Å²) in [4.78, 5) is 11.9. The first-order chi connectivity index (χ1) is 8.20. The van der Waals surface area contributed by atoms with E-state index in [0.29, 0.717) is 5.56 Å². The summed E-state index contributed by atoms with van der Waals surface area (Å²) >= 11 is 0. The predicted molar refractivity (Wildman–Crippen MR) is 65.9 cm³/mol. The van der Waals surface area contributed by atoms with E-state index in [9.17, 15) is 4.79 Å². The molecule has 0 saturated heterocycles. The fraction of sp³-hybridized carbons (Fsp3) is 0.462. The normalized spacial score (nSPS) is 16.1. The summed E-state index contributed by atoms with van der Waals surface area (Å²) in [6, 6.07) is 5.59. The van der Waals surface area contributed by atoms with Crippen LogP contribution in [0.3, 0.4) is 0 Å². The number of fused-ring (bicyclic) bond motifs is 1. The quantitative estimate of drug-likeness (QED) is 0.711. The van der Waals surface area contributed by atoms with Crippen molar-refractivity contribution in [3.05, 3.63) is 34.9 Å². The molecule has 1 aliphatic rings. The van der Waals surface area contributed by atoms with E-state index in [2.05, 4.69) is 10.6 Å². The Morgan fingerprint density at radius 3 is 3.12 bits per heavy atom. The van der Waals surface area contributed by atoms with Gasteiger partial charge in [-0.2, -0.15) is 0 Å². The molecule has 1 aromatic carbocycles. The van der Waals surface area contributed by atoms with Crippen LogP contribution in [-0.2, 0) is 13.0 Å². The molecule has 0 spiro atoms. The van der Waals surface area contributed by atoms with Crippen molar-refractivity contribution in [1.82, 2.24) is 10.6 Å². The van der Waals surface area contributed by atoms with E-state index in [-0.39, 0.29) is 18.6 Å².